The van der Waals surface area contributed by atoms with Crippen LogP contribution in [0.5, 0.6) is 0 Å². The number of benzene rings is 2. The number of anilines is 1. The maximum Gasteiger partial charge on any atom is 0.338 e. The van der Waals surface area contributed by atoms with Crippen molar-refractivity contribution in [2.75, 3.05) is 18.5 Å². The van der Waals surface area contributed by atoms with Crippen LogP contribution in [0.3, 0.4) is 0 Å². The van der Waals surface area contributed by atoms with Gasteiger partial charge in [0.25, 0.3) is 0 Å². The zero-order valence-electron chi connectivity index (χ0n) is 23.0. The number of amides is 3. The van der Waals surface area contributed by atoms with Gasteiger partial charge in [-0.25, -0.2) is 14.4 Å². The minimum atomic E-state index is -0.755. The molecule has 0 spiro atoms. The lowest BCUT2D eigenvalue weighted by atomic mass is 10.1. The van der Waals surface area contributed by atoms with Crippen molar-refractivity contribution >= 4 is 29.6 Å². The number of unbranched alkanes of at least 4 members (excludes halogenated alkanes) is 1. The summed E-state index contributed by atoms with van der Waals surface area (Å²) in [5.41, 5.74) is 2.16. The van der Waals surface area contributed by atoms with Crippen LogP contribution in [0, 0.1) is 0 Å². The van der Waals surface area contributed by atoms with Gasteiger partial charge in [-0.05, 0) is 55.2 Å². The highest BCUT2D eigenvalue weighted by Gasteiger charge is 2.42. The Labute approximate surface area is 239 Å². The predicted octanol–water partition coefficient (Wildman–Crippen LogP) is 4.64. The molecule has 3 aromatic rings. The summed E-state index contributed by atoms with van der Waals surface area (Å²) < 4.78 is 10.8. The Hall–Kier alpha value is -4.73. The first-order chi connectivity index (χ1) is 20.0. The summed E-state index contributed by atoms with van der Waals surface area (Å²) in [5, 5.41) is 5.19. The van der Waals surface area contributed by atoms with E-state index in [0.29, 0.717) is 30.8 Å². The van der Waals surface area contributed by atoms with Gasteiger partial charge in [0, 0.05) is 11.9 Å². The summed E-state index contributed by atoms with van der Waals surface area (Å²) in [6, 6.07) is 19.3. The highest BCUT2D eigenvalue weighted by molar-refractivity contribution is 5.95. The summed E-state index contributed by atoms with van der Waals surface area (Å²) in [4.78, 5) is 57.2. The summed E-state index contributed by atoms with van der Waals surface area (Å²) >= 11 is 0. The van der Waals surface area contributed by atoms with Crippen LogP contribution in [0.1, 0.15) is 60.3 Å². The van der Waals surface area contributed by atoms with Gasteiger partial charge in [0.05, 0.1) is 30.5 Å². The Morgan fingerprint density at radius 1 is 0.951 bits per heavy atom. The number of nitrogens with zero attached hydrogens (tertiary/aromatic N) is 2. The normalized spacial score (nSPS) is 16.1. The first kappa shape index (κ1) is 29.3. The monoisotopic (exact) mass is 558 g/mol. The maximum absolute atomic E-state index is 13.3. The number of ether oxygens (including phenoxy) is 2. The summed E-state index contributed by atoms with van der Waals surface area (Å²) in [6.45, 7) is 2.08. The number of carbonyl (C=O) groups excluding carboxylic acids is 4. The minimum absolute atomic E-state index is 0.128. The number of hydrogen-bond donors (Lipinski definition) is 2. The molecule has 1 aromatic heterocycles. The van der Waals surface area contributed by atoms with E-state index in [4.69, 9.17) is 9.47 Å². The van der Waals surface area contributed by atoms with Crippen LogP contribution < -0.4 is 10.6 Å². The Balaban J connectivity index is 1.35. The van der Waals surface area contributed by atoms with Gasteiger partial charge in [0.1, 0.15) is 12.6 Å². The number of aromatic nitrogens is 1. The lowest BCUT2D eigenvalue weighted by Crippen LogP contribution is -2.47. The van der Waals surface area contributed by atoms with E-state index >= 15 is 0 Å². The Bertz CT molecular complexity index is 1330. The average Bonchev–Trinajstić information content (AvgIpc) is 3.45. The molecule has 1 fully saturated rings. The van der Waals surface area contributed by atoms with E-state index in [9.17, 15) is 19.2 Å². The molecule has 0 radical (unpaired) electrons. The second kappa shape index (κ2) is 14.6. The third-order valence-electron chi connectivity index (χ3n) is 6.69. The van der Waals surface area contributed by atoms with E-state index in [-0.39, 0.29) is 18.7 Å². The number of likely N-dealkylation sites (tertiary alicyclic amines) is 1. The third kappa shape index (κ3) is 8.14. The fourth-order valence-electron chi connectivity index (χ4n) is 4.62. The van der Waals surface area contributed by atoms with E-state index in [0.717, 1.165) is 18.4 Å². The summed E-state index contributed by atoms with van der Waals surface area (Å²) in [7, 11) is 0. The zero-order chi connectivity index (χ0) is 29.0. The van der Waals surface area contributed by atoms with E-state index < -0.39 is 36.0 Å². The number of carbonyl (C=O) groups is 4. The quantitative estimate of drug-likeness (QED) is 0.259. The second-order valence-corrected chi connectivity index (χ2v) is 9.64. The molecule has 0 aliphatic carbocycles. The number of nitrogens with one attached hydrogen (secondary N) is 2. The predicted molar refractivity (Wildman–Crippen MR) is 152 cm³/mol. The molecule has 10 nitrogen and oxygen atoms in total. The molecule has 1 saturated heterocycles. The van der Waals surface area contributed by atoms with Crippen LogP contribution in [0.2, 0.25) is 0 Å². The first-order valence-electron chi connectivity index (χ1n) is 13.7. The fraction of sp³-hybridized carbons (Fsp3) is 0.323. The van der Waals surface area contributed by atoms with Crippen molar-refractivity contribution in [3.63, 3.8) is 0 Å². The molecule has 1 aliphatic heterocycles. The van der Waals surface area contributed by atoms with E-state index in [1.54, 1.807) is 30.5 Å². The number of pyridine rings is 1. The van der Waals surface area contributed by atoms with Crippen molar-refractivity contribution in [2.24, 2.45) is 0 Å². The Morgan fingerprint density at radius 2 is 1.76 bits per heavy atom. The van der Waals surface area contributed by atoms with E-state index in [1.165, 1.54) is 11.0 Å². The third-order valence-corrected chi connectivity index (χ3v) is 6.69. The zero-order valence-corrected chi connectivity index (χ0v) is 23.0. The molecular formula is C31H34N4O6. The van der Waals surface area contributed by atoms with Crippen LogP contribution in [0.25, 0.3) is 0 Å². The van der Waals surface area contributed by atoms with Crippen molar-refractivity contribution in [1.82, 2.24) is 15.2 Å². The van der Waals surface area contributed by atoms with Gasteiger partial charge in [0.15, 0.2) is 0 Å². The van der Waals surface area contributed by atoms with Crippen molar-refractivity contribution in [3.8, 4) is 0 Å². The molecule has 1 aliphatic rings. The molecule has 10 heteroatoms. The molecule has 0 saturated carbocycles. The summed E-state index contributed by atoms with van der Waals surface area (Å²) in [6.07, 6.45) is 4.26. The molecule has 214 valence electrons. The SMILES string of the molecule is CCCCOC(=O)C1CCC(c2ccccn2)N1C(=O)CNC(=O)Nc1cccc(C(=O)OCc2ccccc2)c1. The number of rotatable bonds is 11. The van der Waals surface area contributed by atoms with Gasteiger partial charge >= 0.3 is 18.0 Å². The number of esters is 2. The molecular weight excluding hydrogens is 524 g/mol. The Kier molecular flexibility index (Phi) is 10.4. The van der Waals surface area contributed by atoms with Crippen molar-refractivity contribution < 1.29 is 28.7 Å². The van der Waals surface area contributed by atoms with Crippen molar-refractivity contribution in [3.05, 3.63) is 95.8 Å². The fourth-order valence-corrected chi connectivity index (χ4v) is 4.62. The second-order valence-electron chi connectivity index (χ2n) is 9.64. The molecule has 41 heavy (non-hydrogen) atoms. The van der Waals surface area contributed by atoms with Gasteiger partial charge < -0.3 is 25.0 Å². The molecule has 2 N–H and O–H groups in total. The van der Waals surface area contributed by atoms with Crippen LogP contribution in [-0.2, 0) is 25.7 Å². The topological polar surface area (TPSA) is 127 Å². The van der Waals surface area contributed by atoms with Crippen LogP contribution >= 0.6 is 0 Å². The van der Waals surface area contributed by atoms with E-state index in [2.05, 4.69) is 15.6 Å². The highest BCUT2D eigenvalue weighted by Crippen LogP contribution is 2.35. The van der Waals surface area contributed by atoms with Crippen LogP contribution in [-0.4, -0.2) is 53.0 Å². The number of urea groups is 1. The average molecular weight is 559 g/mol. The van der Waals surface area contributed by atoms with Gasteiger partial charge in [-0.2, -0.15) is 0 Å². The van der Waals surface area contributed by atoms with Gasteiger partial charge in [-0.1, -0.05) is 55.8 Å². The smallest absolute Gasteiger partial charge is 0.338 e. The maximum atomic E-state index is 13.3. The van der Waals surface area contributed by atoms with Gasteiger partial charge in [-0.15, -0.1) is 0 Å². The molecule has 4 rings (SSSR count). The van der Waals surface area contributed by atoms with Crippen molar-refractivity contribution in [2.45, 2.75) is 51.3 Å². The Morgan fingerprint density at radius 3 is 2.51 bits per heavy atom. The summed E-state index contributed by atoms with van der Waals surface area (Å²) in [5.74, 6) is -1.41. The van der Waals surface area contributed by atoms with Gasteiger partial charge in [-0.3, -0.25) is 9.78 Å². The standard InChI is InChI=1S/C31H34N4O6/c1-2-3-18-40-30(38)27-16-15-26(25-14-7-8-17-32-25)35(27)28(36)20-33-31(39)34-24-13-9-12-23(19-24)29(37)41-21-22-10-5-4-6-11-22/h4-14,17,19,26-27H,2-3,15-16,18,20-21H2,1H3,(H2,33,34,39). The largest absolute Gasteiger partial charge is 0.464 e. The van der Waals surface area contributed by atoms with Crippen LogP contribution in [0.4, 0.5) is 10.5 Å². The molecule has 2 unspecified atom stereocenters. The lowest BCUT2D eigenvalue weighted by Gasteiger charge is -2.29. The molecule has 0 bridgehead atoms. The molecule has 3 amide bonds. The highest BCUT2D eigenvalue weighted by atomic mass is 16.5. The van der Waals surface area contributed by atoms with Crippen LogP contribution in [0.15, 0.2) is 79.0 Å². The van der Waals surface area contributed by atoms with E-state index in [1.807, 2.05) is 49.4 Å². The molecule has 2 atom stereocenters. The first-order valence-corrected chi connectivity index (χ1v) is 13.7. The molecule has 2 aromatic carbocycles. The lowest BCUT2D eigenvalue weighted by molar-refractivity contribution is -0.154. The minimum Gasteiger partial charge on any atom is -0.464 e. The number of hydrogen-bond acceptors (Lipinski definition) is 7. The van der Waals surface area contributed by atoms with Crippen molar-refractivity contribution in [1.29, 1.82) is 0 Å². The van der Waals surface area contributed by atoms with Gasteiger partial charge in [0.2, 0.25) is 5.91 Å². The molecule has 2 heterocycles.